The van der Waals surface area contributed by atoms with E-state index in [1.54, 1.807) is 0 Å². The van der Waals surface area contributed by atoms with E-state index in [4.69, 9.17) is 5.73 Å². The Hall–Kier alpha value is -0.383. The second-order valence-corrected chi connectivity index (χ2v) is 1.29. The van der Waals surface area contributed by atoms with Gasteiger partial charge in [0.25, 0.3) is 0 Å². The molecule has 0 aromatic rings. The average Bonchev–Trinajstić information content (AvgIpc) is 2.14. The summed E-state index contributed by atoms with van der Waals surface area (Å²) < 4.78 is 0. The second-order valence-electron chi connectivity index (χ2n) is 1.29. The quantitative estimate of drug-likeness (QED) is 0.270. The van der Waals surface area contributed by atoms with Crippen LogP contribution in [0.25, 0.3) is 0 Å². The van der Waals surface area contributed by atoms with Crippen molar-refractivity contribution in [1.29, 1.82) is 0 Å². The molecule has 0 aliphatic heterocycles. The molecule has 0 aromatic carbocycles. The van der Waals surface area contributed by atoms with Gasteiger partial charge in [-0.2, -0.15) is 18.2 Å². The molecule has 0 amide bonds. The maximum absolute atomic E-state index is 5.14. The summed E-state index contributed by atoms with van der Waals surface area (Å²) in [5.41, 5.74) is 6.10. The summed E-state index contributed by atoms with van der Waals surface area (Å²) in [6, 6.07) is 0. The molecule has 2 N–H and O–H groups in total. The van der Waals surface area contributed by atoms with Crippen LogP contribution < -0.4 is 24.6 Å². The Kier molecular flexibility index (Phi) is 3.43. The number of allylic oxidation sites excluding steroid dienone is 5. The smallest absolute Gasteiger partial charge is 0.442 e. The van der Waals surface area contributed by atoms with Crippen molar-refractivity contribution in [3.05, 3.63) is 36.1 Å². The van der Waals surface area contributed by atoms with Gasteiger partial charge in [0.1, 0.15) is 0 Å². The molecule has 0 spiro atoms. The van der Waals surface area contributed by atoms with Gasteiger partial charge in [0, 0.05) is 0 Å². The summed E-state index contributed by atoms with van der Waals surface area (Å²) in [7, 11) is 0. The van der Waals surface area contributed by atoms with Gasteiger partial charge in [-0.05, 0) is 0 Å². The van der Waals surface area contributed by atoms with Crippen molar-refractivity contribution >= 4 is 0 Å². The molecule has 1 aliphatic carbocycles. The van der Waals surface area contributed by atoms with Gasteiger partial charge in [0.2, 0.25) is 0 Å². The van der Waals surface area contributed by atoms with Crippen LogP contribution in [0, 0.1) is 6.08 Å². The van der Waals surface area contributed by atoms with Crippen molar-refractivity contribution in [2.45, 2.75) is 0 Å². The standard InChI is InChI=1S/C6H6N.Li/c7-5-6-3-1-2-4-6;/h1-3,5H,7H2;/q-1;+1. The first-order chi connectivity index (χ1) is 3.43. The van der Waals surface area contributed by atoms with Crippen LogP contribution in [0.15, 0.2) is 30.0 Å². The molecule has 36 valence electrons. The number of hydrogen-bond acceptors (Lipinski definition) is 1. The molecule has 0 unspecified atom stereocenters. The van der Waals surface area contributed by atoms with Crippen LogP contribution in [0.4, 0.5) is 0 Å². The SMILES string of the molecule is NC=C1[C-]=CC=C1.[Li+]. The maximum Gasteiger partial charge on any atom is 1.00 e. The third-order valence-electron chi connectivity index (χ3n) is 0.802. The first-order valence-corrected chi connectivity index (χ1v) is 2.12. The zero-order valence-corrected chi connectivity index (χ0v) is 4.89. The number of rotatable bonds is 0. The molecule has 2 heteroatoms. The minimum atomic E-state index is 0. The van der Waals surface area contributed by atoms with E-state index in [0.717, 1.165) is 5.57 Å². The molecule has 0 aromatic heterocycles. The van der Waals surface area contributed by atoms with Crippen molar-refractivity contribution in [2.75, 3.05) is 0 Å². The van der Waals surface area contributed by atoms with Gasteiger partial charge < -0.3 is 5.73 Å². The third-order valence-corrected chi connectivity index (χ3v) is 0.802. The van der Waals surface area contributed by atoms with Gasteiger partial charge in [0.15, 0.2) is 0 Å². The summed E-state index contributed by atoms with van der Waals surface area (Å²) >= 11 is 0. The topological polar surface area (TPSA) is 26.0 Å². The van der Waals surface area contributed by atoms with E-state index in [1.807, 2.05) is 18.2 Å². The fourth-order valence-corrected chi connectivity index (χ4v) is 0.448. The predicted molar refractivity (Wildman–Crippen MR) is 29.2 cm³/mol. The van der Waals surface area contributed by atoms with Gasteiger partial charge in [0.05, 0.1) is 0 Å². The van der Waals surface area contributed by atoms with Crippen molar-refractivity contribution in [1.82, 2.24) is 0 Å². The molecule has 0 bridgehead atoms. The van der Waals surface area contributed by atoms with E-state index in [-0.39, 0.29) is 18.9 Å². The minimum absolute atomic E-state index is 0. The fourth-order valence-electron chi connectivity index (χ4n) is 0.448. The van der Waals surface area contributed by atoms with Crippen molar-refractivity contribution in [3.8, 4) is 0 Å². The molecular formula is C6H6LiN. The fraction of sp³-hybridized carbons (Fsp3) is 0. The molecule has 0 heterocycles. The van der Waals surface area contributed by atoms with Gasteiger partial charge in [-0.25, -0.2) is 0 Å². The minimum Gasteiger partial charge on any atom is -0.442 e. The zero-order valence-electron chi connectivity index (χ0n) is 4.89. The van der Waals surface area contributed by atoms with E-state index in [0.29, 0.717) is 0 Å². The molecule has 0 fully saturated rings. The van der Waals surface area contributed by atoms with Crippen LogP contribution in [0.3, 0.4) is 0 Å². The average molecular weight is 99.1 g/mol. The largest absolute Gasteiger partial charge is 1.00 e. The van der Waals surface area contributed by atoms with E-state index < -0.39 is 0 Å². The molecular weight excluding hydrogens is 93.0 g/mol. The molecule has 1 nitrogen and oxygen atoms in total. The van der Waals surface area contributed by atoms with Crippen molar-refractivity contribution in [2.24, 2.45) is 5.73 Å². The van der Waals surface area contributed by atoms with Crippen LogP contribution >= 0.6 is 0 Å². The first-order valence-electron chi connectivity index (χ1n) is 2.12. The summed E-state index contributed by atoms with van der Waals surface area (Å²) in [6.45, 7) is 0. The van der Waals surface area contributed by atoms with E-state index in [1.165, 1.54) is 6.20 Å². The Morgan fingerprint density at radius 1 is 1.62 bits per heavy atom. The van der Waals surface area contributed by atoms with Crippen LogP contribution in [-0.2, 0) is 0 Å². The first kappa shape index (κ1) is 7.62. The normalized spacial score (nSPS) is 19.2. The zero-order chi connectivity index (χ0) is 5.11. The summed E-state index contributed by atoms with van der Waals surface area (Å²) in [4.78, 5) is 0. The monoisotopic (exact) mass is 99.1 g/mol. The van der Waals surface area contributed by atoms with Crippen molar-refractivity contribution < 1.29 is 18.9 Å². The van der Waals surface area contributed by atoms with E-state index >= 15 is 0 Å². The molecule has 0 saturated heterocycles. The molecule has 1 aliphatic rings. The molecule has 1 rings (SSSR count). The maximum atomic E-state index is 5.14. The van der Waals surface area contributed by atoms with Gasteiger partial charge in [-0.3, -0.25) is 0 Å². The Morgan fingerprint density at radius 3 is 2.62 bits per heavy atom. The number of nitrogens with two attached hydrogens (primary N) is 1. The molecule has 0 radical (unpaired) electrons. The Labute approximate surface area is 61.1 Å². The van der Waals surface area contributed by atoms with E-state index in [2.05, 4.69) is 6.08 Å². The summed E-state index contributed by atoms with van der Waals surface area (Å²) in [6.07, 6.45) is 10.1. The summed E-state index contributed by atoms with van der Waals surface area (Å²) in [5.74, 6) is 0. The molecule has 0 saturated carbocycles. The van der Waals surface area contributed by atoms with Crippen LogP contribution in [0.1, 0.15) is 0 Å². The number of hydrogen-bond donors (Lipinski definition) is 1. The molecule has 0 atom stereocenters. The second kappa shape index (κ2) is 3.60. The van der Waals surface area contributed by atoms with Crippen LogP contribution in [0.2, 0.25) is 0 Å². The Balaban J connectivity index is 0.000000490. The summed E-state index contributed by atoms with van der Waals surface area (Å²) in [5, 5.41) is 0. The van der Waals surface area contributed by atoms with Crippen LogP contribution in [-0.4, -0.2) is 0 Å². The van der Waals surface area contributed by atoms with Gasteiger partial charge in [-0.15, -0.1) is 11.6 Å². The van der Waals surface area contributed by atoms with Gasteiger partial charge in [-0.1, -0.05) is 6.20 Å². The third kappa shape index (κ3) is 1.61. The van der Waals surface area contributed by atoms with Gasteiger partial charge >= 0.3 is 18.9 Å². The Bertz CT molecular complexity index is 131. The Morgan fingerprint density at radius 2 is 2.38 bits per heavy atom. The van der Waals surface area contributed by atoms with Crippen LogP contribution in [0.5, 0.6) is 0 Å². The van der Waals surface area contributed by atoms with E-state index in [9.17, 15) is 0 Å². The van der Waals surface area contributed by atoms with Crippen molar-refractivity contribution in [3.63, 3.8) is 0 Å². The predicted octanol–water partition coefficient (Wildman–Crippen LogP) is -2.24. The molecule has 8 heavy (non-hydrogen) atoms.